The molecule has 96 valence electrons. The number of rotatable bonds is 2. The molecule has 0 amide bonds. The minimum absolute atomic E-state index is 0.218. The van der Waals surface area contributed by atoms with E-state index < -0.39 is 0 Å². The van der Waals surface area contributed by atoms with Crippen molar-refractivity contribution in [1.29, 1.82) is 5.26 Å². The summed E-state index contributed by atoms with van der Waals surface area (Å²) in [6, 6.07) is 8.76. The van der Waals surface area contributed by atoms with Crippen LogP contribution in [0.5, 0.6) is 0 Å². The van der Waals surface area contributed by atoms with Gasteiger partial charge in [0.25, 0.3) is 0 Å². The van der Waals surface area contributed by atoms with E-state index in [1.807, 2.05) is 0 Å². The van der Waals surface area contributed by atoms with Crippen molar-refractivity contribution >= 4 is 23.2 Å². The minimum atomic E-state index is -0.218. The largest absolute Gasteiger partial charge is 0.392 e. The quantitative estimate of drug-likeness (QED) is 0.917. The zero-order valence-corrected chi connectivity index (χ0v) is 11.6. The Labute approximate surface area is 121 Å². The van der Waals surface area contributed by atoms with Gasteiger partial charge in [-0.2, -0.15) is 5.26 Å². The SMILES string of the molecule is Cc1cc(CO)c(C#N)c(-c2ccc(Cl)cc2Cl)n1. The van der Waals surface area contributed by atoms with E-state index in [0.29, 0.717) is 38.1 Å². The van der Waals surface area contributed by atoms with Gasteiger partial charge in [-0.3, -0.25) is 4.98 Å². The van der Waals surface area contributed by atoms with Crippen LogP contribution >= 0.6 is 23.2 Å². The topological polar surface area (TPSA) is 56.9 Å². The summed E-state index contributed by atoms with van der Waals surface area (Å²) in [5.41, 5.74) is 2.67. The number of aryl methyl sites for hydroxylation is 1. The molecule has 1 aromatic carbocycles. The Morgan fingerprint density at radius 2 is 2.05 bits per heavy atom. The third kappa shape index (κ3) is 2.71. The predicted molar refractivity (Wildman–Crippen MR) is 75.1 cm³/mol. The van der Waals surface area contributed by atoms with Gasteiger partial charge in [-0.1, -0.05) is 23.2 Å². The molecule has 0 saturated carbocycles. The van der Waals surface area contributed by atoms with E-state index in [1.165, 1.54) is 0 Å². The Morgan fingerprint density at radius 3 is 2.63 bits per heavy atom. The van der Waals surface area contributed by atoms with E-state index >= 15 is 0 Å². The van der Waals surface area contributed by atoms with Crippen LogP contribution in [0, 0.1) is 18.3 Å². The van der Waals surface area contributed by atoms with Crippen molar-refractivity contribution in [1.82, 2.24) is 4.98 Å². The molecule has 19 heavy (non-hydrogen) atoms. The highest BCUT2D eigenvalue weighted by Crippen LogP contribution is 2.32. The molecule has 1 heterocycles. The average molecular weight is 293 g/mol. The van der Waals surface area contributed by atoms with Crippen molar-refractivity contribution in [3.63, 3.8) is 0 Å². The van der Waals surface area contributed by atoms with Gasteiger partial charge >= 0.3 is 0 Å². The van der Waals surface area contributed by atoms with E-state index in [2.05, 4.69) is 11.1 Å². The number of aliphatic hydroxyl groups excluding tert-OH is 1. The van der Waals surface area contributed by atoms with Crippen LogP contribution < -0.4 is 0 Å². The van der Waals surface area contributed by atoms with E-state index in [4.69, 9.17) is 23.2 Å². The molecule has 2 rings (SSSR count). The third-order valence-corrected chi connectivity index (χ3v) is 3.25. The van der Waals surface area contributed by atoms with E-state index in [1.54, 1.807) is 31.2 Å². The van der Waals surface area contributed by atoms with Crippen molar-refractivity contribution in [2.24, 2.45) is 0 Å². The van der Waals surface area contributed by atoms with Crippen LogP contribution in [0.2, 0.25) is 10.0 Å². The van der Waals surface area contributed by atoms with E-state index in [9.17, 15) is 10.4 Å². The lowest BCUT2D eigenvalue weighted by atomic mass is 10.0. The molecule has 0 aliphatic rings. The fourth-order valence-corrected chi connectivity index (χ4v) is 2.36. The Bertz CT molecular complexity index is 678. The van der Waals surface area contributed by atoms with E-state index in [0.717, 1.165) is 0 Å². The average Bonchev–Trinajstić information content (AvgIpc) is 2.37. The maximum atomic E-state index is 9.33. The first-order valence-electron chi connectivity index (χ1n) is 5.53. The van der Waals surface area contributed by atoms with Gasteiger partial charge in [-0.15, -0.1) is 0 Å². The van der Waals surface area contributed by atoms with Gasteiger partial charge in [0, 0.05) is 16.3 Å². The van der Waals surface area contributed by atoms with E-state index in [-0.39, 0.29) is 6.61 Å². The zero-order valence-electron chi connectivity index (χ0n) is 10.1. The zero-order chi connectivity index (χ0) is 14.0. The summed E-state index contributed by atoms with van der Waals surface area (Å²) in [7, 11) is 0. The lowest BCUT2D eigenvalue weighted by Gasteiger charge is -2.10. The lowest BCUT2D eigenvalue weighted by molar-refractivity contribution is 0.281. The van der Waals surface area contributed by atoms with Gasteiger partial charge in [0.15, 0.2) is 0 Å². The second-order valence-corrected chi connectivity index (χ2v) is 4.88. The Hall–Kier alpha value is -1.60. The first-order valence-corrected chi connectivity index (χ1v) is 6.29. The van der Waals surface area contributed by atoms with Crippen LogP contribution in [0.3, 0.4) is 0 Å². The Balaban J connectivity index is 2.74. The molecular formula is C14H10Cl2N2O. The molecule has 1 aromatic heterocycles. The van der Waals surface area contributed by atoms with Crippen molar-refractivity contribution in [3.05, 3.63) is 51.1 Å². The van der Waals surface area contributed by atoms with Crippen molar-refractivity contribution < 1.29 is 5.11 Å². The van der Waals surface area contributed by atoms with Gasteiger partial charge in [0.1, 0.15) is 6.07 Å². The molecule has 0 aliphatic heterocycles. The first-order chi connectivity index (χ1) is 9.06. The molecule has 0 saturated heterocycles. The highest BCUT2D eigenvalue weighted by molar-refractivity contribution is 6.36. The van der Waals surface area contributed by atoms with Gasteiger partial charge in [0.05, 0.1) is 22.9 Å². The number of hydrogen-bond donors (Lipinski definition) is 1. The fourth-order valence-electron chi connectivity index (χ4n) is 1.87. The monoisotopic (exact) mass is 292 g/mol. The number of halogens is 2. The number of pyridine rings is 1. The molecule has 3 nitrogen and oxygen atoms in total. The Morgan fingerprint density at radius 1 is 1.32 bits per heavy atom. The smallest absolute Gasteiger partial charge is 0.102 e. The fraction of sp³-hybridized carbons (Fsp3) is 0.143. The molecule has 1 N–H and O–H groups in total. The molecule has 0 bridgehead atoms. The summed E-state index contributed by atoms with van der Waals surface area (Å²) in [6.45, 7) is 1.58. The molecule has 2 aromatic rings. The number of aliphatic hydroxyl groups is 1. The molecule has 5 heteroatoms. The normalized spacial score (nSPS) is 10.3. The van der Waals surface area contributed by atoms with Gasteiger partial charge in [-0.05, 0) is 36.8 Å². The van der Waals surface area contributed by atoms with Gasteiger partial charge < -0.3 is 5.11 Å². The molecule has 0 unspecified atom stereocenters. The van der Waals surface area contributed by atoms with Gasteiger partial charge in [-0.25, -0.2) is 0 Å². The summed E-state index contributed by atoms with van der Waals surface area (Å²) < 4.78 is 0. The number of aromatic nitrogens is 1. The minimum Gasteiger partial charge on any atom is -0.392 e. The molecule has 0 atom stereocenters. The highest BCUT2D eigenvalue weighted by atomic mass is 35.5. The molecule has 0 fully saturated rings. The van der Waals surface area contributed by atoms with Crippen LogP contribution in [0.4, 0.5) is 0 Å². The highest BCUT2D eigenvalue weighted by Gasteiger charge is 2.15. The summed E-state index contributed by atoms with van der Waals surface area (Å²) in [5.74, 6) is 0. The summed E-state index contributed by atoms with van der Waals surface area (Å²) in [6.07, 6.45) is 0. The summed E-state index contributed by atoms with van der Waals surface area (Å²) in [4.78, 5) is 4.35. The first kappa shape index (κ1) is 13.8. The van der Waals surface area contributed by atoms with Crippen LogP contribution in [0.1, 0.15) is 16.8 Å². The number of hydrogen-bond acceptors (Lipinski definition) is 3. The summed E-state index contributed by atoms with van der Waals surface area (Å²) in [5, 5.41) is 19.5. The summed E-state index contributed by atoms with van der Waals surface area (Å²) >= 11 is 12.0. The number of nitrogens with zero attached hydrogens (tertiary/aromatic N) is 2. The van der Waals surface area contributed by atoms with Crippen molar-refractivity contribution in [3.8, 4) is 17.3 Å². The predicted octanol–water partition coefficient (Wildman–Crippen LogP) is 3.73. The maximum absolute atomic E-state index is 9.33. The molecule has 0 radical (unpaired) electrons. The van der Waals surface area contributed by atoms with Crippen molar-refractivity contribution in [2.45, 2.75) is 13.5 Å². The maximum Gasteiger partial charge on any atom is 0.102 e. The molecular weight excluding hydrogens is 283 g/mol. The van der Waals surface area contributed by atoms with Crippen LogP contribution in [-0.2, 0) is 6.61 Å². The second-order valence-electron chi connectivity index (χ2n) is 4.04. The van der Waals surface area contributed by atoms with Crippen LogP contribution in [-0.4, -0.2) is 10.1 Å². The molecule has 0 aliphatic carbocycles. The second kappa shape index (κ2) is 5.58. The third-order valence-electron chi connectivity index (χ3n) is 2.70. The standard InChI is InChI=1S/C14H10Cl2N2O/c1-8-4-9(7-19)12(6-17)14(18-8)11-3-2-10(15)5-13(11)16/h2-5,19H,7H2,1H3. The number of nitriles is 1. The lowest BCUT2D eigenvalue weighted by Crippen LogP contribution is -1.99. The Kier molecular flexibility index (Phi) is 4.06. The van der Waals surface area contributed by atoms with Crippen LogP contribution in [0.25, 0.3) is 11.3 Å². The van der Waals surface area contributed by atoms with Crippen LogP contribution in [0.15, 0.2) is 24.3 Å². The van der Waals surface area contributed by atoms with Gasteiger partial charge in [0.2, 0.25) is 0 Å². The van der Waals surface area contributed by atoms with Crippen molar-refractivity contribution in [2.75, 3.05) is 0 Å². The molecule has 0 spiro atoms. The number of benzene rings is 1.